The van der Waals surface area contributed by atoms with Gasteiger partial charge >= 0.3 is 0 Å². The molecule has 2 amide bonds. The van der Waals surface area contributed by atoms with Gasteiger partial charge in [-0.15, -0.1) is 0 Å². The number of carbonyl (C=O) groups is 2. The normalized spacial score (nSPS) is 11.1. The van der Waals surface area contributed by atoms with Crippen molar-refractivity contribution in [3.05, 3.63) is 96.9 Å². The Morgan fingerprint density at radius 1 is 0.967 bits per heavy atom. The average molecular weight is 535 g/mol. The van der Waals surface area contributed by atoms with Gasteiger partial charge in [0.05, 0.1) is 4.92 Å². The number of nitro benzene ring substituents is 1. The summed E-state index contributed by atoms with van der Waals surface area (Å²) in [7, 11) is 0. The van der Waals surface area contributed by atoms with Gasteiger partial charge in [-0.3, -0.25) is 19.7 Å². The van der Waals surface area contributed by atoms with E-state index in [0.717, 1.165) is 4.47 Å². The van der Waals surface area contributed by atoms with E-state index in [2.05, 4.69) is 42.5 Å². The third kappa shape index (κ3) is 5.65. The van der Waals surface area contributed by atoms with Crippen molar-refractivity contribution in [2.75, 3.05) is 5.32 Å². The van der Waals surface area contributed by atoms with Gasteiger partial charge < -0.3 is 15.1 Å². The first-order valence-corrected chi connectivity index (χ1v) is 10.00. The fourth-order valence-corrected chi connectivity index (χ4v) is 2.94. The lowest BCUT2D eigenvalue weighted by Gasteiger charge is -2.10. The highest BCUT2D eigenvalue weighted by Gasteiger charge is 2.18. The molecule has 30 heavy (non-hydrogen) atoms. The second-order valence-electron chi connectivity index (χ2n) is 5.93. The summed E-state index contributed by atoms with van der Waals surface area (Å²) in [6, 6.07) is 15.5. The maximum atomic E-state index is 12.8. The van der Waals surface area contributed by atoms with Gasteiger partial charge in [-0.25, -0.2) is 0 Å². The summed E-state index contributed by atoms with van der Waals surface area (Å²) in [6.07, 6.45) is 1.50. The molecule has 2 aromatic carbocycles. The van der Waals surface area contributed by atoms with E-state index in [0.29, 0.717) is 15.9 Å². The molecule has 0 aliphatic carbocycles. The monoisotopic (exact) mass is 533 g/mol. The molecule has 0 spiro atoms. The molecule has 3 aromatic rings. The maximum absolute atomic E-state index is 12.8. The molecule has 0 aliphatic rings. The standard InChI is InChI=1S/C20H13Br2N3O5/c21-13-3-1-12(2-4-13)11-16(24-20(27)17-9-10-18(22)30-17)19(26)23-14-5-7-15(8-6-14)25(28)29/h1-11H,(H,23,26)(H,24,27). The maximum Gasteiger partial charge on any atom is 0.291 e. The lowest BCUT2D eigenvalue weighted by molar-refractivity contribution is -0.384. The van der Waals surface area contributed by atoms with Gasteiger partial charge in [0.25, 0.3) is 17.5 Å². The van der Waals surface area contributed by atoms with Crippen LogP contribution in [-0.2, 0) is 4.79 Å². The highest BCUT2D eigenvalue weighted by Crippen LogP contribution is 2.18. The number of non-ortho nitro benzene ring substituents is 1. The number of halogens is 2. The summed E-state index contributed by atoms with van der Waals surface area (Å²) >= 11 is 6.46. The lowest BCUT2D eigenvalue weighted by Crippen LogP contribution is -2.30. The zero-order chi connectivity index (χ0) is 21.7. The van der Waals surface area contributed by atoms with E-state index in [4.69, 9.17) is 4.42 Å². The predicted octanol–water partition coefficient (Wildman–Crippen LogP) is 5.12. The first kappa shape index (κ1) is 21.5. The number of carbonyl (C=O) groups excluding carboxylic acids is 2. The van der Waals surface area contributed by atoms with Gasteiger partial charge in [0.2, 0.25) is 0 Å². The van der Waals surface area contributed by atoms with Crippen molar-refractivity contribution in [3.63, 3.8) is 0 Å². The molecule has 3 rings (SSSR count). The van der Waals surface area contributed by atoms with Crippen molar-refractivity contribution in [1.29, 1.82) is 0 Å². The largest absolute Gasteiger partial charge is 0.444 e. The van der Waals surface area contributed by atoms with Crippen LogP contribution in [0.2, 0.25) is 0 Å². The Morgan fingerprint density at radius 2 is 1.63 bits per heavy atom. The minimum atomic E-state index is -0.608. The first-order chi connectivity index (χ1) is 14.3. The second kappa shape index (κ2) is 9.51. The first-order valence-electron chi connectivity index (χ1n) is 8.41. The number of nitrogens with zero attached hydrogens (tertiary/aromatic N) is 1. The minimum absolute atomic E-state index is 0.0201. The number of anilines is 1. The number of nitro groups is 1. The van der Waals surface area contributed by atoms with Crippen molar-refractivity contribution >= 4 is 61.1 Å². The number of furan rings is 1. The molecule has 8 nitrogen and oxygen atoms in total. The molecule has 1 aromatic heterocycles. The quantitative estimate of drug-likeness (QED) is 0.259. The number of benzene rings is 2. The smallest absolute Gasteiger partial charge is 0.291 e. The van der Waals surface area contributed by atoms with Gasteiger partial charge in [0, 0.05) is 22.3 Å². The molecule has 10 heteroatoms. The van der Waals surface area contributed by atoms with E-state index < -0.39 is 16.7 Å². The molecule has 0 saturated heterocycles. The van der Waals surface area contributed by atoms with Crippen LogP contribution in [0, 0.1) is 10.1 Å². The average Bonchev–Trinajstić information content (AvgIpc) is 3.16. The molecule has 0 bridgehead atoms. The van der Waals surface area contributed by atoms with Crippen LogP contribution in [0.15, 0.2) is 79.9 Å². The zero-order valence-electron chi connectivity index (χ0n) is 15.1. The van der Waals surface area contributed by atoms with E-state index in [1.54, 1.807) is 30.3 Å². The van der Waals surface area contributed by atoms with Crippen LogP contribution in [0.3, 0.4) is 0 Å². The van der Waals surface area contributed by atoms with Crippen molar-refractivity contribution in [2.24, 2.45) is 0 Å². The van der Waals surface area contributed by atoms with Crippen molar-refractivity contribution in [3.8, 4) is 0 Å². The molecule has 2 N–H and O–H groups in total. The molecule has 0 radical (unpaired) electrons. The molecular formula is C20H13Br2N3O5. The summed E-state index contributed by atoms with van der Waals surface area (Å²) in [6.45, 7) is 0. The Hall–Kier alpha value is -3.24. The number of amides is 2. The van der Waals surface area contributed by atoms with Crippen molar-refractivity contribution in [2.45, 2.75) is 0 Å². The Labute approximate surface area is 187 Å². The number of hydrogen-bond donors (Lipinski definition) is 2. The molecule has 0 fully saturated rings. The zero-order valence-corrected chi connectivity index (χ0v) is 18.3. The topological polar surface area (TPSA) is 114 Å². The van der Waals surface area contributed by atoms with Gasteiger partial charge in [0.1, 0.15) is 5.70 Å². The van der Waals surface area contributed by atoms with Gasteiger partial charge in [-0.05, 0) is 64.0 Å². The van der Waals surface area contributed by atoms with Crippen molar-refractivity contribution in [1.82, 2.24) is 5.32 Å². The third-order valence-corrected chi connectivity index (χ3v) is 4.76. The van der Waals surface area contributed by atoms with E-state index >= 15 is 0 Å². The minimum Gasteiger partial charge on any atom is -0.444 e. The Morgan fingerprint density at radius 3 is 2.20 bits per heavy atom. The fraction of sp³-hybridized carbons (Fsp3) is 0. The summed E-state index contributed by atoms with van der Waals surface area (Å²) in [4.78, 5) is 35.5. The van der Waals surface area contributed by atoms with E-state index in [9.17, 15) is 19.7 Å². The van der Waals surface area contributed by atoms with Crippen LogP contribution < -0.4 is 10.6 Å². The molecule has 0 saturated carbocycles. The van der Waals surface area contributed by atoms with Gasteiger partial charge in [-0.2, -0.15) is 0 Å². The van der Waals surface area contributed by atoms with Crippen molar-refractivity contribution < 1.29 is 18.9 Å². The predicted molar refractivity (Wildman–Crippen MR) is 118 cm³/mol. The van der Waals surface area contributed by atoms with Crippen LogP contribution in [0.4, 0.5) is 11.4 Å². The third-order valence-electron chi connectivity index (χ3n) is 3.81. The van der Waals surface area contributed by atoms with E-state index in [-0.39, 0.29) is 17.1 Å². The SMILES string of the molecule is O=C(Nc1ccc([N+](=O)[O-])cc1)C(=Cc1ccc(Br)cc1)NC(=O)c1ccc(Br)o1. The highest BCUT2D eigenvalue weighted by molar-refractivity contribution is 9.10. The van der Waals surface area contributed by atoms with Crippen LogP contribution in [-0.4, -0.2) is 16.7 Å². The molecule has 152 valence electrons. The highest BCUT2D eigenvalue weighted by atomic mass is 79.9. The van der Waals surface area contributed by atoms with Crippen LogP contribution in [0.25, 0.3) is 6.08 Å². The molecular weight excluding hydrogens is 522 g/mol. The van der Waals surface area contributed by atoms with E-state index in [1.165, 1.54) is 36.4 Å². The molecule has 0 atom stereocenters. The molecule has 0 unspecified atom stereocenters. The van der Waals surface area contributed by atoms with Crippen LogP contribution in [0.1, 0.15) is 16.1 Å². The number of rotatable bonds is 6. The lowest BCUT2D eigenvalue weighted by atomic mass is 10.2. The summed E-state index contributed by atoms with van der Waals surface area (Å²) in [5.41, 5.74) is 0.874. The van der Waals surface area contributed by atoms with Crippen LogP contribution in [0.5, 0.6) is 0 Å². The van der Waals surface area contributed by atoms with Gasteiger partial charge in [0.15, 0.2) is 10.4 Å². The van der Waals surface area contributed by atoms with Gasteiger partial charge in [-0.1, -0.05) is 28.1 Å². The summed E-state index contributed by atoms with van der Waals surface area (Å²) in [5, 5.41) is 15.9. The van der Waals surface area contributed by atoms with E-state index in [1.807, 2.05) is 0 Å². The Bertz CT molecular complexity index is 1120. The number of nitrogens with one attached hydrogen (secondary N) is 2. The molecule has 1 heterocycles. The number of hydrogen-bond acceptors (Lipinski definition) is 5. The summed E-state index contributed by atoms with van der Waals surface area (Å²) < 4.78 is 6.46. The Kier molecular flexibility index (Phi) is 6.80. The van der Waals surface area contributed by atoms with Crippen LogP contribution >= 0.6 is 31.9 Å². The molecule has 0 aliphatic heterocycles. The second-order valence-corrected chi connectivity index (χ2v) is 7.62. The fourth-order valence-electron chi connectivity index (χ4n) is 2.37. The Balaban J connectivity index is 1.85. The summed E-state index contributed by atoms with van der Waals surface area (Å²) in [5.74, 6) is -1.19.